The Morgan fingerprint density at radius 3 is 2.87 bits per heavy atom. The molecule has 0 radical (unpaired) electrons. The van der Waals surface area contributed by atoms with E-state index in [2.05, 4.69) is 57.0 Å². The molecule has 1 fully saturated rings. The molecule has 5 heteroatoms. The average molecular weight is 414 g/mol. The maximum Gasteiger partial charge on any atom is 0.120 e. The molecule has 5 nitrogen and oxygen atoms in total. The Morgan fingerprint density at radius 1 is 1.10 bits per heavy atom. The quantitative estimate of drug-likeness (QED) is 0.465. The van der Waals surface area contributed by atoms with Crippen LogP contribution >= 0.6 is 0 Å². The zero-order valence-electron chi connectivity index (χ0n) is 17.4. The van der Waals surface area contributed by atoms with Crippen molar-refractivity contribution in [1.29, 1.82) is 0 Å². The Balaban J connectivity index is 1.09. The van der Waals surface area contributed by atoms with Gasteiger partial charge in [0.15, 0.2) is 0 Å². The highest BCUT2D eigenvalue weighted by atomic mass is 16.5. The Kier molecular flexibility index (Phi) is 4.57. The number of hydrogen-bond donors (Lipinski definition) is 2. The van der Waals surface area contributed by atoms with Crippen LogP contribution in [0.25, 0.3) is 22.2 Å². The summed E-state index contributed by atoms with van der Waals surface area (Å²) >= 11 is 0. The number of rotatable bonds is 5. The van der Waals surface area contributed by atoms with E-state index >= 15 is 0 Å². The van der Waals surface area contributed by atoms with Crippen LogP contribution in [0.1, 0.15) is 43.7 Å². The van der Waals surface area contributed by atoms with Gasteiger partial charge < -0.3 is 19.4 Å². The van der Waals surface area contributed by atoms with E-state index in [9.17, 15) is 5.11 Å². The van der Waals surface area contributed by atoms with Gasteiger partial charge in [0.2, 0.25) is 0 Å². The van der Waals surface area contributed by atoms with Gasteiger partial charge in [0.05, 0.1) is 36.5 Å². The van der Waals surface area contributed by atoms with E-state index in [0.717, 1.165) is 49.1 Å². The zero-order valence-corrected chi connectivity index (χ0v) is 17.4. The lowest BCUT2D eigenvalue weighted by Crippen LogP contribution is -2.31. The molecule has 2 atom stereocenters. The van der Waals surface area contributed by atoms with Crippen molar-refractivity contribution >= 4 is 10.9 Å². The molecule has 0 spiro atoms. The molecule has 1 saturated carbocycles. The van der Waals surface area contributed by atoms with Crippen LogP contribution in [-0.2, 0) is 0 Å². The van der Waals surface area contributed by atoms with Gasteiger partial charge in [-0.25, -0.2) is 4.98 Å². The van der Waals surface area contributed by atoms with Crippen molar-refractivity contribution in [3.8, 4) is 17.0 Å². The van der Waals surface area contributed by atoms with Crippen molar-refractivity contribution < 1.29 is 9.84 Å². The fraction of sp³-hybridized carbons (Fsp3) is 0.346. The van der Waals surface area contributed by atoms with Crippen molar-refractivity contribution in [3.63, 3.8) is 0 Å². The van der Waals surface area contributed by atoms with Gasteiger partial charge in [0.1, 0.15) is 5.75 Å². The molecule has 158 valence electrons. The Labute approximate surface area is 181 Å². The number of aliphatic hydroxyl groups is 1. The summed E-state index contributed by atoms with van der Waals surface area (Å²) in [6, 6.07) is 17.0. The average Bonchev–Trinajstić information content (AvgIpc) is 3.52. The highest BCUT2D eigenvalue weighted by molar-refractivity contribution is 5.80. The maximum absolute atomic E-state index is 11.1. The Morgan fingerprint density at radius 2 is 1.97 bits per heavy atom. The highest BCUT2D eigenvalue weighted by Gasteiger charge is 2.34. The summed E-state index contributed by atoms with van der Waals surface area (Å²) in [6.07, 6.45) is 10.4. The molecule has 0 saturated heterocycles. The molecule has 2 unspecified atom stereocenters. The predicted molar refractivity (Wildman–Crippen MR) is 121 cm³/mol. The number of H-pyrrole nitrogens is 1. The molecular formula is C26H27N3O2. The second-order valence-electron chi connectivity index (χ2n) is 8.97. The first-order valence-corrected chi connectivity index (χ1v) is 11.3. The summed E-state index contributed by atoms with van der Waals surface area (Å²) in [5.74, 6) is 1.26. The normalized spacial score (nSPS) is 23.5. The van der Waals surface area contributed by atoms with Gasteiger partial charge in [-0.05, 0) is 67.9 Å². The van der Waals surface area contributed by atoms with Crippen molar-refractivity contribution in [1.82, 2.24) is 14.5 Å². The number of benzene rings is 2. The topological polar surface area (TPSA) is 63.1 Å². The summed E-state index contributed by atoms with van der Waals surface area (Å²) in [7, 11) is 0. The van der Waals surface area contributed by atoms with E-state index in [-0.39, 0.29) is 18.2 Å². The number of nitrogens with one attached hydrogen (secondary N) is 1. The number of nitrogens with zero attached hydrogens (tertiary/aromatic N) is 2. The third-order valence-electron chi connectivity index (χ3n) is 7.15. The summed E-state index contributed by atoms with van der Waals surface area (Å²) in [5.41, 5.74) is 4.84. The summed E-state index contributed by atoms with van der Waals surface area (Å²) in [6.45, 7) is 0. The van der Waals surface area contributed by atoms with Crippen LogP contribution in [0.2, 0.25) is 0 Å². The lowest BCUT2D eigenvalue weighted by atomic mass is 9.81. The van der Waals surface area contributed by atoms with Gasteiger partial charge in [0.25, 0.3) is 0 Å². The Hall–Kier alpha value is -3.05. The number of aromatic nitrogens is 3. The van der Waals surface area contributed by atoms with Crippen molar-refractivity contribution in [2.45, 2.75) is 50.4 Å². The lowest BCUT2D eigenvalue weighted by Gasteiger charge is -2.33. The van der Waals surface area contributed by atoms with Gasteiger partial charge in [0, 0.05) is 22.7 Å². The van der Waals surface area contributed by atoms with Gasteiger partial charge in [-0.1, -0.05) is 24.3 Å². The molecule has 1 aliphatic carbocycles. The second kappa shape index (κ2) is 7.57. The smallest absolute Gasteiger partial charge is 0.120 e. The number of fused-ring (bicyclic) bond motifs is 4. The minimum Gasteiger partial charge on any atom is -0.490 e. The molecule has 6 rings (SSSR count). The van der Waals surface area contributed by atoms with Gasteiger partial charge in [-0.2, -0.15) is 0 Å². The third kappa shape index (κ3) is 3.33. The molecule has 0 amide bonds. The number of hydrogen-bond acceptors (Lipinski definition) is 3. The SMILES string of the molecule is OC(CC1c2ccccc2-c2cncn21)[C@H]1CC[C@H](Oc2ccc3[nH]ccc3c2)CC1. The van der Waals surface area contributed by atoms with Crippen LogP contribution < -0.4 is 4.74 Å². The monoisotopic (exact) mass is 413 g/mol. The summed E-state index contributed by atoms with van der Waals surface area (Å²) < 4.78 is 8.49. The fourth-order valence-corrected chi connectivity index (χ4v) is 5.48. The first-order valence-electron chi connectivity index (χ1n) is 11.3. The molecule has 1 aliphatic heterocycles. The zero-order chi connectivity index (χ0) is 20.8. The van der Waals surface area contributed by atoms with E-state index in [1.165, 1.54) is 16.5 Å². The molecule has 3 heterocycles. The van der Waals surface area contributed by atoms with Crippen LogP contribution in [0.15, 0.2) is 67.3 Å². The number of ether oxygens (including phenoxy) is 1. The third-order valence-corrected chi connectivity index (χ3v) is 7.15. The van der Waals surface area contributed by atoms with E-state index < -0.39 is 0 Å². The van der Waals surface area contributed by atoms with E-state index in [1.807, 2.05) is 24.8 Å². The van der Waals surface area contributed by atoms with Crippen LogP contribution in [0.3, 0.4) is 0 Å². The van der Waals surface area contributed by atoms with Crippen LogP contribution in [0, 0.1) is 5.92 Å². The molecule has 2 N–H and O–H groups in total. The lowest BCUT2D eigenvalue weighted by molar-refractivity contribution is 0.0402. The number of aromatic amines is 1. The van der Waals surface area contributed by atoms with Crippen LogP contribution in [0.4, 0.5) is 0 Å². The fourth-order valence-electron chi connectivity index (χ4n) is 5.48. The van der Waals surface area contributed by atoms with Gasteiger partial charge in [-0.15, -0.1) is 0 Å². The van der Waals surface area contributed by atoms with Crippen molar-refractivity contribution in [2.24, 2.45) is 5.92 Å². The second-order valence-corrected chi connectivity index (χ2v) is 8.97. The van der Waals surface area contributed by atoms with E-state index in [4.69, 9.17) is 4.74 Å². The molecule has 31 heavy (non-hydrogen) atoms. The largest absolute Gasteiger partial charge is 0.490 e. The van der Waals surface area contributed by atoms with Crippen molar-refractivity contribution in [2.75, 3.05) is 0 Å². The van der Waals surface area contributed by atoms with E-state index in [1.54, 1.807) is 0 Å². The molecule has 2 aromatic heterocycles. The molecule has 4 aromatic rings. The standard InChI is InChI=1S/C26H27N3O2/c30-26(14-24-21-3-1-2-4-22(21)25-15-27-16-29(24)25)17-5-7-19(8-6-17)31-20-9-10-23-18(13-20)11-12-28-23/h1-4,9-13,15-17,19,24,26,28,30H,5-8,14H2/t17-,19-,24?,26?. The van der Waals surface area contributed by atoms with Crippen LogP contribution in [-0.4, -0.2) is 31.8 Å². The minimum atomic E-state index is -0.316. The van der Waals surface area contributed by atoms with Crippen LogP contribution in [0.5, 0.6) is 5.75 Å². The molecule has 0 bridgehead atoms. The number of aliphatic hydroxyl groups excluding tert-OH is 1. The predicted octanol–water partition coefficient (Wildman–Crippen LogP) is 5.32. The Bertz CT molecular complexity index is 1200. The number of imidazole rings is 1. The maximum atomic E-state index is 11.1. The first kappa shape index (κ1) is 18.7. The highest BCUT2D eigenvalue weighted by Crippen LogP contribution is 2.43. The summed E-state index contributed by atoms with van der Waals surface area (Å²) in [5, 5.41) is 12.3. The molecule has 2 aliphatic rings. The molecule has 2 aromatic carbocycles. The summed E-state index contributed by atoms with van der Waals surface area (Å²) in [4.78, 5) is 7.56. The van der Waals surface area contributed by atoms with Gasteiger partial charge >= 0.3 is 0 Å². The van der Waals surface area contributed by atoms with E-state index in [0.29, 0.717) is 5.92 Å². The first-order chi connectivity index (χ1) is 15.3. The van der Waals surface area contributed by atoms with Gasteiger partial charge in [-0.3, -0.25) is 0 Å². The molecular weight excluding hydrogens is 386 g/mol. The minimum absolute atomic E-state index is 0.172. The van der Waals surface area contributed by atoms with Crippen molar-refractivity contribution in [3.05, 3.63) is 72.8 Å².